The van der Waals surface area contributed by atoms with E-state index in [1.165, 1.54) is 101 Å². The molecule has 0 spiro atoms. The maximum absolute atomic E-state index is 10.6. The molecule has 272 valence electrons. The minimum atomic E-state index is -0.494. The van der Waals surface area contributed by atoms with E-state index in [4.69, 9.17) is 29.7 Å². The molecule has 0 aliphatic heterocycles. The van der Waals surface area contributed by atoms with Crippen LogP contribution in [0.3, 0.4) is 0 Å². The predicted molar refractivity (Wildman–Crippen MR) is 163 cm³/mol. The zero-order chi connectivity index (χ0) is 33.6. The Bertz CT molecular complexity index is 1760. The number of halogens is 4. The molecular formula is C28H24Cl4N10O8Pt. The molecule has 51 heavy (non-hydrogen) atoms. The molecule has 18 nitrogen and oxygen atoms in total. The fraction of sp³-hybridized carbons (Fsp3) is 0.143. The molecule has 0 heterocycles. The molecule has 0 aliphatic carbocycles. The average molecular weight is 965 g/mol. The molecule has 4 rings (SSSR count). The molecule has 0 radical (unpaired) electrons. The standard InChI is InChI=1S/2C14H12N5O4.4ClH.Pt/c2*1-22-13-8-12(14(23-2)7-11(13)16-15)18-17-9-3-5-10(6-4-9)19(20)21;;;;;/h2*3-8H,1-2H3;4*1H;/q2*+1;;;;;+2/p-4. The Labute approximate surface area is 329 Å². The fourth-order valence-corrected chi connectivity index (χ4v) is 3.55. The van der Waals surface area contributed by atoms with Crippen LogP contribution in [-0.4, -0.2) is 38.3 Å². The van der Waals surface area contributed by atoms with Gasteiger partial charge in [-0.25, -0.2) is 0 Å². The molecule has 4 aromatic rings. The van der Waals surface area contributed by atoms with Gasteiger partial charge >= 0.3 is 32.4 Å². The number of hydrogen-bond donors (Lipinski definition) is 0. The fourth-order valence-electron chi connectivity index (χ4n) is 3.55. The van der Waals surface area contributed by atoms with Gasteiger partial charge in [0, 0.05) is 36.4 Å². The number of benzene rings is 4. The molecule has 0 aliphatic rings. The van der Waals surface area contributed by atoms with E-state index in [9.17, 15) is 20.2 Å². The van der Waals surface area contributed by atoms with E-state index in [0.29, 0.717) is 45.7 Å². The minimum absolute atomic E-state index is 0. The molecule has 23 heteroatoms. The molecular weight excluding hydrogens is 941 g/mol. The maximum Gasteiger partial charge on any atom is 2.00 e. The van der Waals surface area contributed by atoms with Gasteiger partial charge in [-0.15, -0.1) is 10.2 Å². The number of azo groups is 2. The number of nitrogens with zero attached hydrogens (tertiary/aromatic N) is 10. The second kappa shape index (κ2) is 24.8. The molecule has 0 unspecified atom stereocenters. The summed E-state index contributed by atoms with van der Waals surface area (Å²) in [5.41, 5.74) is 1.91. The van der Waals surface area contributed by atoms with Crippen molar-refractivity contribution in [3.8, 4) is 23.0 Å². The number of non-ortho nitro benzene ring substituents is 2. The van der Waals surface area contributed by atoms with Gasteiger partial charge in [0.2, 0.25) is 22.3 Å². The number of nitro benzene ring substituents is 2. The van der Waals surface area contributed by atoms with Crippen molar-refractivity contribution >= 4 is 45.5 Å². The predicted octanol–water partition coefficient (Wildman–Crippen LogP) is -2.96. The monoisotopic (exact) mass is 963 g/mol. The molecule has 0 fully saturated rings. The van der Waals surface area contributed by atoms with Crippen LogP contribution in [0.25, 0.3) is 9.95 Å². The summed E-state index contributed by atoms with van der Waals surface area (Å²) >= 11 is 0. The summed E-state index contributed by atoms with van der Waals surface area (Å²) in [4.78, 5) is 26.4. The summed E-state index contributed by atoms with van der Waals surface area (Å²) in [6.07, 6.45) is 0. The van der Waals surface area contributed by atoms with Gasteiger partial charge < -0.3 is 68.6 Å². The number of hydrogen-bond acceptors (Lipinski definition) is 14. The molecule has 0 amide bonds. The number of ether oxygens (including phenoxy) is 4. The van der Waals surface area contributed by atoms with Crippen molar-refractivity contribution in [2.24, 2.45) is 20.5 Å². The van der Waals surface area contributed by atoms with Crippen LogP contribution in [0, 0.1) is 31.0 Å². The van der Waals surface area contributed by atoms with Crippen molar-refractivity contribution in [1.82, 2.24) is 0 Å². The normalized spacial score (nSPS) is 9.29. The number of nitro groups is 2. The Kier molecular flexibility index (Phi) is 24.4. The Morgan fingerprint density at radius 2 is 0.824 bits per heavy atom. The summed E-state index contributed by atoms with van der Waals surface area (Å²) in [5.74, 6) is 1.27. The third kappa shape index (κ3) is 13.9. The van der Waals surface area contributed by atoms with Gasteiger partial charge in [-0.3, -0.25) is 20.2 Å². The van der Waals surface area contributed by atoms with E-state index in [1.807, 2.05) is 0 Å². The van der Waals surface area contributed by atoms with Crippen molar-refractivity contribution in [2.45, 2.75) is 0 Å². The first-order valence-corrected chi connectivity index (χ1v) is 12.7. The van der Waals surface area contributed by atoms with E-state index >= 15 is 0 Å². The number of methoxy groups -OCH3 is 4. The molecule has 0 saturated heterocycles. The van der Waals surface area contributed by atoms with Gasteiger partial charge in [0.25, 0.3) is 11.4 Å². The van der Waals surface area contributed by atoms with Crippen molar-refractivity contribution in [3.05, 3.63) is 103 Å². The van der Waals surface area contributed by atoms with E-state index in [2.05, 4.69) is 30.4 Å². The SMILES string of the molecule is COc1cc([N+]#N)c(OC)cc1N=Nc1ccc([N+](=O)[O-])cc1.COc1cc([N+]#N)c(OC)cc1N=Nc1ccc([N+](=O)[O-])cc1.[Cl-].[Cl-].[Cl-].[Cl-].[Pt+2]. The Morgan fingerprint density at radius 1 is 0.529 bits per heavy atom. The van der Waals surface area contributed by atoms with Crippen LogP contribution in [0.1, 0.15) is 0 Å². The largest absolute Gasteiger partial charge is 2.00 e. The zero-order valence-corrected chi connectivity index (χ0v) is 31.8. The first-order valence-electron chi connectivity index (χ1n) is 12.7. The van der Waals surface area contributed by atoms with E-state index in [0.717, 1.165) is 0 Å². The second-order valence-corrected chi connectivity index (χ2v) is 8.54. The summed E-state index contributed by atoms with van der Waals surface area (Å²) < 4.78 is 20.5. The number of rotatable bonds is 10. The third-order valence-corrected chi connectivity index (χ3v) is 5.84. The Hall–Kier alpha value is -5.23. The summed E-state index contributed by atoms with van der Waals surface area (Å²) in [7, 11) is 5.73. The smallest absolute Gasteiger partial charge is 1.00 e. The van der Waals surface area contributed by atoms with Crippen LogP contribution in [-0.2, 0) is 21.1 Å². The zero-order valence-electron chi connectivity index (χ0n) is 26.5. The van der Waals surface area contributed by atoms with Crippen LogP contribution in [0.4, 0.5) is 45.5 Å². The molecule has 0 N–H and O–H groups in total. The van der Waals surface area contributed by atoms with E-state index in [-0.39, 0.29) is 93.4 Å². The minimum Gasteiger partial charge on any atom is -1.00 e. The van der Waals surface area contributed by atoms with Crippen molar-refractivity contribution in [1.29, 1.82) is 10.8 Å². The van der Waals surface area contributed by atoms with Gasteiger partial charge in [0.1, 0.15) is 11.4 Å². The summed E-state index contributed by atoms with van der Waals surface area (Å²) in [6, 6.07) is 17.1. The van der Waals surface area contributed by atoms with E-state index in [1.54, 1.807) is 0 Å². The van der Waals surface area contributed by atoms with Crippen LogP contribution >= 0.6 is 0 Å². The first-order chi connectivity index (χ1) is 22.2. The molecule has 0 bridgehead atoms. The summed E-state index contributed by atoms with van der Waals surface area (Å²) in [6.45, 7) is 0. The molecule has 4 aromatic carbocycles. The third-order valence-electron chi connectivity index (χ3n) is 5.84. The Balaban J connectivity index is -0.000000823. The van der Waals surface area contributed by atoms with Gasteiger partial charge in [-0.2, -0.15) is 10.2 Å². The molecule has 0 saturated carbocycles. The van der Waals surface area contributed by atoms with Crippen molar-refractivity contribution in [3.63, 3.8) is 0 Å². The maximum atomic E-state index is 10.6. The summed E-state index contributed by atoms with van der Waals surface area (Å²) in [5, 5.41) is 55.1. The van der Waals surface area contributed by atoms with Crippen LogP contribution in [0.2, 0.25) is 0 Å². The van der Waals surface area contributed by atoms with Crippen molar-refractivity contribution in [2.75, 3.05) is 28.4 Å². The quantitative estimate of drug-likeness (QED) is 0.0679. The van der Waals surface area contributed by atoms with Gasteiger partial charge in [-0.1, -0.05) is 0 Å². The van der Waals surface area contributed by atoms with Gasteiger partial charge in [-0.05, 0) is 24.3 Å². The van der Waals surface area contributed by atoms with Gasteiger partial charge in [0.15, 0.2) is 21.5 Å². The molecule has 0 atom stereocenters. The van der Waals surface area contributed by atoms with Gasteiger partial charge in [0.05, 0.1) is 61.8 Å². The van der Waals surface area contributed by atoms with Crippen LogP contribution in [0.15, 0.2) is 93.3 Å². The molecule has 0 aromatic heterocycles. The number of diazo groups is 2. The van der Waals surface area contributed by atoms with E-state index < -0.39 is 9.85 Å². The Morgan fingerprint density at radius 3 is 1.06 bits per heavy atom. The second-order valence-electron chi connectivity index (χ2n) is 8.54. The van der Waals surface area contributed by atoms with Crippen molar-refractivity contribution < 1.29 is 99.5 Å². The van der Waals surface area contributed by atoms with Crippen LogP contribution < -0.4 is 68.6 Å². The topological polar surface area (TPSA) is 229 Å². The first kappa shape index (κ1) is 50.1. The van der Waals surface area contributed by atoms with Crippen LogP contribution in [0.5, 0.6) is 23.0 Å². The average Bonchev–Trinajstić information content (AvgIpc) is 3.09.